The van der Waals surface area contributed by atoms with Gasteiger partial charge in [0.05, 0.1) is 0 Å². The fourth-order valence-corrected chi connectivity index (χ4v) is 2.78. The van der Waals surface area contributed by atoms with Crippen LogP contribution in [0.1, 0.15) is 11.1 Å². The van der Waals surface area contributed by atoms with Gasteiger partial charge in [-0.1, -0.05) is 29.3 Å². The summed E-state index contributed by atoms with van der Waals surface area (Å²) < 4.78 is 40.7. The molecule has 0 saturated carbocycles. The summed E-state index contributed by atoms with van der Waals surface area (Å²) in [7, 11) is 3.23. The standard InChI is InChI=1S/C20H18ClF3N4/c1-13-4-8-15(9-5-13)27(2)18-17(20(22,23)24)12-25-19(26-18)28(3)16-10-6-14(21)7-11-16/h4-12H,1-3H3. The molecule has 0 N–H and O–H groups in total. The Balaban J connectivity index is 2.06. The summed E-state index contributed by atoms with van der Waals surface area (Å²) in [6.45, 7) is 1.91. The van der Waals surface area contributed by atoms with Crippen LogP contribution in [0.15, 0.2) is 54.7 Å². The van der Waals surface area contributed by atoms with E-state index in [-0.39, 0.29) is 11.8 Å². The van der Waals surface area contributed by atoms with E-state index in [0.717, 1.165) is 11.8 Å². The number of rotatable bonds is 4. The minimum absolute atomic E-state index is 0.143. The number of aromatic nitrogens is 2. The van der Waals surface area contributed by atoms with Gasteiger partial charge in [-0.05, 0) is 43.3 Å². The van der Waals surface area contributed by atoms with Gasteiger partial charge in [-0.3, -0.25) is 0 Å². The minimum Gasteiger partial charge on any atom is -0.329 e. The van der Waals surface area contributed by atoms with Crippen molar-refractivity contribution in [2.75, 3.05) is 23.9 Å². The summed E-state index contributed by atoms with van der Waals surface area (Å²) >= 11 is 5.90. The smallest absolute Gasteiger partial charge is 0.329 e. The highest BCUT2D eigenvalue weighted by Crippen LogP contribution is 2.38. The molecule has 0 bridgehead atoms. The second-order valence-electron chi connectivity index (χ2n) is 6.34. The molecule has 0 aliphatic carbocycles. The van der Waals surface area contributed by atoms with Crippen molar-refractivity contribution in [2.24, 2.45) is 0 Å². The Labute approximate surface area is 166 Å². The van der Waals surface area contributed by atoms with Crippen LogP contribution in [0.2, 0.25) is 5.02 Å². The molecule has 0 fully saturated rings. The maximum Gasteiger partial charge on any atom is 0.421 e. The molecule has 4 nitrogen and oxygen atoms in total. The zero-order valence-electron chi connectivity index (χ0n) is 15.5. The molecule has 0 radical (unpaired) electrons. The molecule has 28 heavy (non-hydrogen) atoms. The summed E-state index contributed by atoms with van der Waals surface area (Å²) in [5.41, 5.74) is 1.41. The topological polar surface area (TPSA) is 32.3 Å². The molecule has 1 heterocycles. The van der Waals surface area contributed by atoms with Gasteiger partial charge in [-0.25, -0.2) is 4.98 Å². The third-order valence-electron chi connectivity index (χ3n) is 4.31. The monoisotopic (exact) mass is 406 g/mol. The molecule has 1 aromatic heterocycles. The van der Waals surface area contributed by atoms with Crippen molar-refractivity contribution in [1.82, 2.24) is 9.97 Å². The second-order valence-corrected chi connectivity index (χ2v) is 6.77. The summed E-state index contributed by atoms with van der Waals surface area (Å²) in [4.78, 5) is 11.2. The molecule has 146 valence electrons. The van der Waals surface area contributed by atoms with E-state index in [9.17, 15) is 13.2 Å². The Morgan fingerprint density at radius 1 is 0.857 bits per heavy atom. The van der Waals surface area contributed by atoms with Crippen LogP contribution in [0, 0.1) is 6.92 Å². The van der Waals surface area contributed by atoms with Gasteiger partial charge in [-0.2, -0.15) is 18.2 Å². The minimum atomic E-state index is -4.58. The van der Waals surface area contributed by atoms with E-state index in [1.807, 2.05) is 19.1 Å². The van der Waals surface area contributed by atoms with Gasteiger partial charge < -0.3 is 9.80 Å². The van der Waals surface area contributed by atoms with Crippen LogP contribution in [0.4, 0.5) is 36.3 Å². The van der Waals surface area contributed by atoms with Crippen LogP contribution in [0.25, 0.3) is 0 Å². The van der Waals surface area contributed by atoms with Gasteiger partial charge in [0.15, 0.2) is 5.82 Å². The average molecular weight is 407 g/mol. The number of hydrogen-bond donors (Lipinski definition) is 0. The molecule has 3 rings (SSSR count). The normalized spacial score (nSPS) is 11.4. The maximum atomic E-state index is 13.6. The molecular weight excluding hydrogens is 389 g/mol. The van der Waals surface area contributed by atoms with Crippen molar-refractivity contribution in [3.63, 3.8) is 0 Å². The van der Waals surface area contributed by atoms with Gasteiger partial charge in [0.1, 0.15) is 5.56 Å². The largest absolute Gasteiger partial charge is 0.421 e. The lowest BCUT2D eigenvalue weighted by molar-refractivity contribution is -0.137. The van der Waals surface area contributed by atoms with Gasteiger partial charge in [-0.15, -0.1) is 0 Å². The third-order valence-corrected chi connectivity index (χ3v) is 4.57. The quantitative estimate of drug-likeness (QED) is 0.532. The lowest BCUT2D eigenvalue weighted by Gasteiger charge is -2.25. The van der Waals surface area contributed by atoms with E-state index < -0.39 is 11.7 Å². The highest BCUT2D eigenvalue weighted by Gasteiger charge is 2.37. The maximum absolute atomic E-state index is 13.6. The van der Waals surface area contributed by atoms with Crippen molar-refractivity contribution >= 4 is 34.7 Å². The highest BCUT2D eigenvalue weighted by atomic mass is 35.5. The molecule has 0 atom stereocenters. The summed E-state index contributed by atoms with van der Waals surface area (Å²) in [6.07, 6.45) is -3.76. The SMILES string of the molecule is Cc1ccc(N(C)c2nc(N(C)c3ccc(Cl)cc3)ncc2C(F)(F)F)cc1. The zero-order chi connectivity index (χ0) is 20.5. The zero-order valence-corrected chi connectivity index (χ0v) is 16.3. The van der Waals surface area contributed by atoms with E-state index in [0.29, 0.717) is 16.4 Å². The number of nitrogens with zero attached hydrogens (tertiary/aromatic N) is 4. The molecule has 0 aliphatic heterocycles. The predicted octanol–water partition coefficient (Wildman–Crippen LogP) is 5.99. The molecule has 0 spiro atoms. The molecule has 8 heteroatoms. The first-order valence-corrected chi connectivity index (χ1v) is 8.78. The first-order valence-electron chi connectivity index (χ1n) is 8.41. The number of alkyl halides is 3. The van der Waals surface area contributed by atoms with Gasteiger partial charge in [0.25, 0.3) is 0 Å². The van der Waals surface area contributed by atoms with E-state index >= 15 is 0 Å². The van der Waals surface area contributed by atoms with Gasteiger partial charge in [0, 0.05) is 36.7 Å². The lowest BCUT2D eigenvalue weighted by Crippen LogP contribution is -2.21. The molecule has 0 amide bonds. The van der Waals surface area contributed by atoms with Crippen LogP contribution in [-0.4, -0.2) is 24.1 Å². The summed E-state index contributed by atoms with van der Waals surface area (Å²) in [5.74, 6) is -0.0774. The molecule has 0 unspecified atom stereocenters. The van der Waals surface area contributed by atoms with E-state index in [1.54, 1.807) is 55.4 Å². The number of anilines is 4. The van der Waals surface area contributed by atoms with Crippen LogP contribution in [0.3, 0.4) is 0 Å². The van der Waals surface area contributed by atoms with E-state index in [1.165, 1.54) is 4.90 Å². The lowest BCUT2D eigenvalue weighted by atomic mass is 10.2. The first kappa shape index (κ1) is 19.9. The van der Waals surface area contributed by atoms with Gasteiger partial charge >= 0.3 is 6.18 Å². The molecular formula is C20H18ClF3N4. The van der Waals surface area contributed by atoms with Crippen LogP contribution >= 0.6 is 11.6 Å². The Hall–Kier alpha value is -2.80. The Kier molecular flexibility index (Phi) is 5.47. The Morgan fingerprint density at radius 2 is 1.39 bits per heavy atom. The highest BCUT2D eigenvalue weighted by molar-refractivity contribution is 6.30. The van der Waals surface area contributed by atoms with Crippen LogP contribution in [0.5, 0.6) is 0 Å². The van der Waals surface area contributed by atoms with Crippen LogP contribution in [-0.2, 0) is 6.18 Å². The number of halogens is 4. The fourth-order valence-electron chi connectivity index (χ4n) is 2.65. The summed E-state index contributed by atoms with van der Waals surface area (Å²) in [5, 5.41) is 0.560. The molecule has 2 aromatic carbocycles. The van der Waals surface area contributed by atoms with Crippen molar-refractivity contribution in [3.8, 4) is 0 Å². The van der Waals surface area contributed by atoms with Crippen LogP contribution < -0.4 is 9.80 Å². The number of aryl methyl sites for hydroxylation is 1. The second kappa shape index (κ2) is 7.67. The predicted molar refractivity (Wildman–Crippen MR) is 106 cm³/mol. The number of benzene rings is 2. The molecule has 3 aromatic rings. The van der Waals surface area contributed by atoms with Gasteiger partial charge in [0.2, 0.25) is 5.95 Å². The molecule has 0 saturated heterocycles. The average Bonchev–Trinajstić information content (AvgIpc) is 2.67. The van der Waals surface area contributed by atoms with Crippen molar-refractivity contribution < 1.29 is 13.2 Å². The Bertz CT molecular complexity index is 957. The van der Waals surface area contributed by atoms with E-state index in [4.69, 9.17) is 11.6 Å². The fraction of sp³-hybridized carbons (Fsp3) is 0.200. The van der Waals surface area contributed by atoms with Crippen molar-refractivity contribution in [2.45, 2.75) is 13.1 Å². The molecule has 0 aliphatic rings. The Morgan fingerprint density at radius 3 is 1.96 bits per heavy atom. The number of hydrogen-bond acceptors (Lipinski definition) is 4. The van der Waals surface area contributed by atoms with Crippen molar-refractivity contribution in [1.29, 1.82) is 0 Å². The summed E-state index contributed by atoms with van der Waals surface area (Å²) in [6, 6.07) is 14.0. The third kappa shape index (κ3) is 4.20. The van der Waals surface area contributed by atoms with Crippen molar-refractivity contribution in [3.05, 3.63) is 70.9 Å². The first-order chi connectivity index (χ1) is 13.2. The van der Waals surface area contributed by atoms with E-state index in [2.05, 4.69) is 9.97 Å².